The van der Waals surface area contributed by atoms with E-state index in [1.54, 1.807) is 30.3 Å². The molecular weight excluding hydrogens is 461 g/mol. The quantitative estimate of drug-likeness (QED) is 0.204. The van der Waals surface area contributed by atoms with Crippen molar-refractivity contribution in [2.75, 3.05) is 26.2 Å². The van der Waals surface area contributed by atoms with Crippen LogP contribution in [0.2, 0.25) is 0 Å². The third-order valence-electron chi connectivity index (χ3n) is 3.80. The van der Waals surface area contributed by atoms with Crippen LogP contribution in [-0.4, -0.2) is 47.1 Å². The lowest BCUT2D eigenvalue weighted by atomic mass is 10.0. The van der Waals surface area contributed by atoms with Gasteiger partial charge in [0.2, 0.25) is 0 Å². The first kappa shape index (κ1) is 23.4. The molecule has 2 aromatic rings. The smallest absolute Gasteiger partial charge is 0.191 e. The Morgan fingerprint density at radius 2 is 2.26 bits per heavy atom. The van der Waals surface area contributed by atoms with Crippen LogP contribution in [0.5, 0.6) is 0 Å². The van der Waals surface area contributed by atoms with Crippen LogP contribution in [0.25, 0.3) is 0 Å². The number of aliphatic imine (C=N–C) groups is 1. The van der Waals surface area contributed by atoms with E-state index in [-0.39, 0.29) is 30.5 Å². The van der Waals surface area contributed by atoms with Gasteiger partial charge in [0.1, 0.15) is 18.0 Å². The van der Waals surface area contributed by atoms with E-state index in [0.29, 0.717) is 19.2 Å². The molecule has 0 aliphatic carbocycles. The summed E-state index contributed by atoms with van der Waals surface area (Å²) in [6.07, 6.45) is 5.93. The third kappa shape index (κ3) is 8.31. The van der Waals surface area contributed by atoms with Crippen molar-refractivity contribution in [1.29, 1.82) is 0 Å². The van der Waals surface area contributed by atoms with Gasteiger partial charge in [0, 0.05) is 38.5 Å². The highest BCUT2D eigenvalue weighted by Gasteiger charge is 2.24. The summed E-state index contributed by atoms with van der Waals surface area (Å²) in [5.41, 5.74) is -0.325. The van der Waals surface area contributed by atoms with Gasteiger partial charge in [0.25, 0.3) is 0 Å². The van der Waals surface area contributed by atoms with E-state index in [1.165, 1.54) is 0 Å². The Kier molecular flexibility index (Phi) is 10.4. The minimum Gasteiger partial charge on any atom is -0.467 e. The zero-order chi connectivity index (χ0) is 18.8. The zero-order valence-corrected chi connectivity index (χ0v) is 18.5. The molecule has 0 saturated heterocycles. The maximum Gasteiger partial charge on any atom is 0.191 e. The molecule has 1 unspecified atom stereocenters. The molecule has 2 rings (SSSR count). The van der Waals surface area contributed by atoms with Crippen LogP contribution in [0.3, 0.4) is 0 Å². The zero-order valence-electron chi connectivity index (χ0n) is 16.1. The predicted molar refractivity (Wildman–Crippen MR) is 115 cm³/mol. The number of aliphatic hydroxyl groups is 1. The summed E-state index contributed by atoms with van der Waals surface area (Å²) in [7, 11) is 1.82. The van der Waals surface area contributed by atoms with Crippen molar-refractivity contribution in [3.05, 3.63) is 42.1 Å². The van der Waals surface area contributed by atoms with E-state index in [9.17, 15) is 5.11 Å². The van der Waals surface area contributed by atoms with Crippen LogP contribution in [-0.2, 0) is 24.0 Å². The van der Waals surface area contributed by atoms with Crippen molar-refractivity contribution in [3.8, 4) is 0 Å². The molecule has 0 bridgehead atoms. The number of aromatic nitrogens is 2. The molecule has 0 amide bonds. The van der Waals surface area contributed by atoms with E-state index in [4.69, 9.17) is 9.15 Å². The highest BCUT2D eigenvalue weighted by molar-refractivity contribution is 14.0. The molecule has 0 radical (unpaired) electrons. The number of hydrogen-bond acceptors (Lipinski definition) is 5. The van der Waals surface area contributed by atoms with Gasteiger partial charge >= 0.3 is 0 Å². The Labute approximate surface area is 177 Å². The van der Waals surface area contributed by atoms with Gasteiger partial charge in [-0.05, 0) is 32.4 Å². The second-order valence-electron chi connectivity index (χ2n) is 6.28. The molecule has 0 aliphatic heterocycles. The molecule has 0 aromatic carbocycles. The minimum atomic E-state index is -1.07. The Hall–Kier alpha value is -1.59. The number of nitrogens with one attached hydrogen (secondary N) is 2. The molecule has 2 heterocycles. The van der Waals surface area contributed by atoms with E-state index >= 15 is 0 Å². The summed E-state index contributed by atoms with van der Waals surface area (Å²) >= 11 is 0. The van der Waals surface area contributed by atoms with Crippen molar-refractivity contribution >= 4 is 29.9 Å². The standard InChI is InChI=1S/C18H29N5O3.HI/c1-4-19-17(20-8-6-9-25-13-16-7-5-10-26-16)21-14-18(2,24)15-11-22-23(3)12-15;/h5,7,10-12,24H,4,6,8-9,13-14H2,1-3H3,(H2,19,20,21);1H. The largest absolute Gasteiger partial charge is 0.467 e. The number of rotatable bonds is 10. The second kappa shape index (κ2) is 12.0. The third-order valence-corrected chi connectivity index (χ3v) is 3.80. The first-order chi connectivity index (χ1) is 12.5. The molecule has 0 aliphatic rings. The molecule has 9 heteroatoms. The molecule has 0 saturated carbocycles. The summed E-state index contributed by atoms with van der Waals surface area (Å²) in [6, 6.07) is 3.74. The predicted octanol–water partition coefficient (Wildman–Crippen LogP) is 2.00. The van der Waals surface area contributed by atoms with E-state index in [0.717, 1.165) is 30.8 Å². The van der Waals surface area contributed by atoms with E-state index in [2.05, 4.69) is 20.7 Å². The average Bonchev–Trinajstić information content (AvgIpc) is 3.27. The molecule has 3 N–H and O–H groups in total. The number of hydrogen-bond donors (Lipinski definition) is 3. The summed E-state index contributed by atoms with van der Waals surface area (Å²) in [4.78, 5) is 4.48. The fraction of sp³-hybridized carbons (Fsp3) is 0.556. The van der Waals surface area contributed by atoms with Gasteiger partial charge in [-0.1, -0.05) is 0 Å². The molecule has 152 valence electrons. The summed E-state index contributed by atoms with van der Waals surface area (Å²) in [5, 5.41) is 21.1. The van der Waals surface area contributed by atoms with Gasteiger partial charge in [0.05, 0.1) is 19.0 Å². The lowest BCUT2D eigenvalue weighted by molar-refractivity contribution is 0.0671. The van der Waals surface area contributed by atoms with Gasteiger partial charge in [-0.15, -0.1) is 24.0 Å². The molecule has 27 heavy (non-hydrogen) atoms. The first-order valence-corrected chi connectivity index (χ1v) is 8.85. The van der Waals surface area contributed by atoms with Crippen molar-refractivity contribution in [2.24, 2.45) is 12.0 Å². The van der Waals surface area contributed by atoms with Crippen LogP contribution in [0.1, 0.15) is 31.6 Å². The number of aryl methyl sites for hydroxylation is 1. The maximum atomic E-state index is 10.6. The van der Waals surface area contributed by atoms with E-state index in [1.807, 2.05) is 26.1 Å². The van der Waals surface area contributed by atoms with Crippen LogP contribution < -0.4 is 10.6 Å². The lowest BCUT2D eigenvalue weighted by Crippen LogP contribution is -2.39. The van der Waals surface area contributed by atoms with Gasteiger partial charge in [-0.3, -0.25) is 4.68 Å². The molecule has 2 aromatic heterocycles. The van der Waals surface area contributed by atoms with Gasteiger partial charge in [0.15, 0.2) is 5.96 Å². The molecule has 1 atom stereocenters. The first-order valence-electron chi connectivity index (χ1n) is 8.85. The lowest BCUT2D eigenvalue weighted by Gasteiger charge is -2.20. The fourth-order valence-electron chi connectivity index (χ4n) is 2.31. The number of nitrogens with zero attached hydrogens (tertiary/aromatic N) is 3. The van der Waals surface area contributed by atoms with E-state index < -0.39 is 5.60 Å². The Morgan fingerprint density at radius 3 is 2.89 bits per heavy atom. The Balaban J connectivity index is 0.00000364. The number of furan rings is 1. The van der Waals surface area contributed by atoms with Gasteiger partial charge < -0.3 is 24.9 Å². The number of guanidine groups is 1. The van der Waals surface area contributed by atoms with Crippen LogP contribution in [0.15, 0.2) is 40.2 Å². The monoisotopic (exact) mass is 491 g/mol. The van der Waals surface area contributed by atoms with Gasteiger partial charge in [-0.25, -0.2) is 4.99 Å². The van der Waals surface area contributed by atoms with Crippen LogP contribution in [0.4, 0.5) is 0 Å². The van der Waals surface area contributed by atoms with Crippen molar-refractivity contribution in [2.45, 2.75) is 32.5 Å². The normalized spacial score (nSPS) is 13.7. The molecule has 0 fully saturated rings. The van der Waals surface area contributed by atoms with Crippen molar-refractivity contribution < 1.29 is 14.3 Å². The number of ether oxygens (including phenoxy) is 1. The topological polar surface area (TPSA) is 96.8 Å². The summed E-state index contributed by atoms with van der Waals surface area (Å²) < 4.78 is 12.4. The van der Waals surface area contributed by atoms with Crippen molar-refractivity contribution in [1.82, 2.24) is 20.4 Å². The highest BCUT2D eigenvalue weighted by atomic mass is 127. The second-order valence-corrected chi connectivity index (χ2v) is 6.28. The van der Waals surface area contributed by atoms with Crippen LogP contribution in [0, 0.1) is 0 Å². The SMILES string of the molecule is CCNC(=NCC(C)(O)c1cnn(C)c1)NCCCOCc1ccco1.I. The van der Waals surface area contributed by atoms with Gasteiger partial charge in [-0.2, -0.15) is 5.10 Å². The maximum absolute atomic E-state index is 10.6. The molecule has 0 spiro atoms. The summed E-state index contributed by atoms with van der Waals surface area (Å²) in [5.74, 6) is 1.49. The minimum absolute atomic E-state index is 0. The highest BCUT2D eigenvalue weighted by Crippen LogP contribution is 2.19. The molecular formula is C18H30IN5O3. The fourth-order valence-corrected chi connectivity index (χ4v) is 2.31. The summed E-state index contributed by atoms with van der Waals surface area (Å²) in [6.45, 7) is 6.55. The average molecular weight is 491 g/mol. The molecule has 8 nitrogen and oxygen atoms in total. The Morgan fingerprint density at radius 1 is 1.44 bits per heavy atom. The van der Waals surface area contributed by atoms with Crippen molar-refractivity contribution in [3.63, 3.8) is 0 Å². The Bertz CT molecular complexity index is 670. The van der Waals surface area contributed by atoms with Crippen LogP contribution >= 0.6 is 24.0 Å². The number of halogens is 1.